The Bertz CT molecular complexity index is 851. The molecule has 7 heteroatoms. The molecule has 0 unspecified atom stereocenters. The average molecular weight is 393 g/mol. The van der Waals surface area contributed by atoms with Crippen molar-refractivity contribution in [3.63, 3.8) is 0 Å². The van der Waals surface area contributed by atoms with Crippen LogP contribution in [0.25, 0.3) is 6.08 Å². The third-order valence-electron chi connectivity index (χ3n) is 4.16. The van der Waals surface area contributed by atoms with E-state index >= 15 is 0 Å². The molecule has 0 fully saturated rings. The maximum atomic E-state index is 14.0. The van der Waals surface area contributed by atoms with E-state index in [9.17, 15) is 18.0 Å². The Labute approximate surface area is 162 Å². The van der Waals surface area contributed by atoms with Gasteiger partial charge in [0.15, 0.2) is 11.5 Å². The molecule has 2 rings (SSSR count). The van der Waals surface area contributed by atoms with Crippen molar-refractivity contribution in [3.8, 4) is 11.5 Å². The third kappa shape index (κ3) is 5.52. The van der Waals surface area contributed by atoms with E-state index in [1.54, 1.807) is 24.3 Å². The molecule has 0 atom stereocenters. The van der Waals surface area contributed by atoms with Crippen molar-refractivity contribution in [1.82, 2.24) is 5.32 Å². The van der Waals surface area contributed by atoms with Gasteiger partial charge in [-0.2, -0.15) is 8.78 Å². The summed E-state index contributed by atoms with van der Waals surface area (Å²) in [6, 6.07) is 11.0. The van der Waals surface area contributed by atoms with Crippen molar-refractivity contribution in [2.75, 3.05) is 13.7 Å². The van der Waals surface area contributed by atoms with Crippen molar-refractivity contribution < 1.29 is 27.4 Å². The minimum absolute atomic E-state index is 0.128. The maximum absolute atomic E-state index is 14.0. The summed E-state index contributed by atoms with van der Waals surface area (Å²) in [5.74, 6) is -0.822. The summed E-state index contributed by atoms with van der Waals surface area (Å²) < 4.78 is 48.8. The van der Waals surface area contributed by atoms with Crippen molar-refractivity contribution in [2.45, 2.75) is 25.9 Å². The van der Waals surface area contributed by atoms with Crippen LogP contribution in [0.3, 0.4) is 0 Å². The van der Waals surface area contributed by atoms with Crippen LogP contribution in [-0.4, -0.2) is 26.2 Å². The average Bonchev–Trinajstić information content (AvgIpc) is 2.65. The van der Waals surface area contributed by atoms with Gasteiger partial charge >= 0.3 is 6.61 Å². The normalized spacial score (nSPS) is 11.7. The molecule has 150 valence electrons. The summed E-state index contributed by atoms with van der Waals surface area (Å²) in [5, 5.41) is 2.70. The molecule has 0 saturated heterocycles. The summed E-state index contributed by atoms with van der Waals surface area (Å²) in [7, 11) is 1.33. The zero-order chi connectivity index (χ0) is 20.7. The molecular formula is C21H22F3NO3. The number of benzene rings is 2. The summed E-state index contributed by atoms with van der Waals surface area (Å²) in [5.41, 5.74) is 0.122. The first-order valence-electron chi connectivity index (χ1n) is 8.57. The smallest absolute Gasteiger partial charge is 0.387 e. The van der Waals surface area contributed by atoms with Gasteiger partial charge in [0.25, 0.3) is 0 Å². The Morgan fingerprint density at radius 2 is 1.89 bits per heavy atom. The topological polar surface area (TPSA) is 47.6 Å². The quantitative estimate of drug-likeness (QED) is 0.670. The number of hydrogen-bond acceptors (Lipinski definition) is 3. The van der Waals surface area contributed by atoms with Gasteiger partial charge in [0.1, 0.15) is 5.82 Å². The van der Waals surface area contributed by atoms with Gasteiger partial charge in [0.2, 0.25) is 5.91 Å². The molecule has 0 radical (unpaired) electrons. The highest BCUT2D eigenvalue weighted by molar-refractivity contribution is 5.92. The Hall–Kier alpha value is -2.96. The Morgan fingerprint density at radius 1 is 1.18 bits per heavy atom. The lowest BCUT2D eigenvalue weighted by atomic mass is 9.84. The first-order chi connectivity index (χ1) is 13.2. The van der Waals surface area contributed by atoms with E-state index in [-0.39, 0.29) is 29.4 Å². The van der Waals surface area contributed by atoms with Crippen molar-refractivity contribution in [2.24, 2.45) is 0 Å². The Balaban J connectivity index is 2.09. The number of alkyl halides is 2. The predicted molar refractivity (Wildman–Crippen MR) is 101 cm³/mol. The number of rotatable bonds is 8. The largest absolute Gasteiger partial charge is 0.493 e. The fourth-order valence-electron chi connectivity index (χ4n) is 2.68. The number of halogens is 3. The van der Waals surface area contributed by atoms with Gasteiger partial charge in [-0.3, -0.25) is 4.79 Å². The molecule has 0 bridgehead atoms. The van der Waals surface area contributed by atoms with E-state index in [2.05, 4.69) is 10.1 Å². The molecule has 0 saturated carbocycles. The van der Waals surface area contributed by atoms with Gasteiger partial charge < -0.3 is 14.8 Å². The first-order valence-corrected chi connectivity index (χ1v) is 8.57. The second-order valence-corrected chi connectivity index (χ2v) is 6.67. The first kappa shape index (κ1) is 21.3. The van der Waals surface area contributed by atoms with Crippen LogP contribution in [0.15, 0.2) is 48.5 Å². The highest BCUT2D eigenvalue weighted by Crippen LogP contribution is 2.33. The van der Waals surface area contributed by atoms with E-state index in [1.807, 2.05) is 13.8 Å². The molecule has 4 nitrogen and oxygen atoms in total. The van der Waals surface area contributed by atoms with Gasteiger partial charge in [-0.25, -0.2) is 4.39 Å². The number of ether oxygens (including phenoxy) is 2. The second-order valence-electron chi connectivity index (χ2n) is 6.67. The molecule has 0 aliphatic heterocycles. The van der Waals surface area contributed by atoms with E-state index in [4.69, 9.17) is 4.74 Å². The van der Waals surface area contributed by atoms with Crippen LogP contribution in [0.2, 0.25) is 0 Å². The number of nitrogens with one attached hydrogen (secondary N) is 1. The van der Waals surface area contributed by atoms with Gasteiger partial charge in [-0.15, -0.1) is 0 Å². The lowest BCUT2D eigenvalue weighted by Crippen LogP contribution is -2.36. The molecule has 0 aliphatic carbocycles. The lowest BCUT2D eigenvalue weighted by Gasteiger charge is -2.25. The van der Waals surface area contributed by atoms with E-state index < -0.39 is 17.9 Å². The molecule has 0 spiro atoms. The number of amides is 1. The second kappa shape index (κ2) is 9.30. The summed E-state index contributed by atoms with van der Waals surface area (Å²) >= 11 is 0. The molecule has 2 aromatic rings. The fourth-order valence-corrected chi connectivity index (χ4v) is 2.68. The van der Waals surface area contributed by atoms with Crippen LogP contribution in [0.5, 0.6) is 11.5 Å². The molecule has 0 heterocycles. The zero-order valence-electron chi connectivity index (χ0n) is 15.8. The SMILES string of the molecule is COc1cccc(/C=C/C(=O)NCC(C)(C)c2ccccc2F)c1OC(F)F. The van der Waals surface area contributed by atoms with E-state index in [0.717, 1.165) is 0 Å². The van der Waals surface area contributed by atoms with Crippen LogP contribution >= 0.6 is 0 Å². The molecule has 0 aliphatic rings. The monoisotopic (exact) mass is 393 g/mol. The van der Waals surface area contributed by atoms with Gasteiger partial charge in [0.05, 0.1) is 7.11 Å². The van der Waals surface area contributed by atoms with Crippen LogP contribution in [0, 0.1) is 5.82 Å². The lowest BCUT2D eigenvalue weighted by molar-refractivity contribution is -0.116. The number of carbonyl (C=O) groups is 1. The predicted octanol–water partition coefficient (Wildman–Crippen LogP) is 4.54. The Morgan fingerprint density at radius 3 is 2.54 bits per heavy atom. The van der Waals surface area contributed by atoms with Gasteiger partial charge in [0, 0.05) is 23.6 Å². The Kier molecular flexibility index (Phi) is 7.09. The standard InChI is InChI=1S/C21H22F3NO3/c1-21(2,15-8-4-5-9-16(15)22)13-25-18(26)12-11-14-7-6-10-17(27-3)19(14)28-20(23)24/h4-12,20H,13H2,1-3H3,(H,25,26)/b12-11+. The fraction of sp³-hybridized carbons (Fsp3) is 0.286. The van der Waals surface area contributed by atoms with Gasteiger partial charge in [-0.1, -0.05) is 44.2 Å². The van der Waals surface area contributed by atoms with Crippen LogP contribution < -0.4 is 14.8 Å². The van der Waals surface area contributed by atoms with Crippen molar-refractivity contribution in [3.05, 3.63) is 65.5 Å². The number of hydrogen-bond donors (Lipinski definition) is 1. The zero-order valence-corrected chi connectivity index (χ0v) is 15.8. The van der Waals surface area contributed by atoms with Crippen LogP contribution in [0.1, 0.15) is 25.0 Å². The third-order valence-corrected chi connectivity index (χ3v) is 4.16. The van der Waals surface area contributed by atoms with E-state index in [0.29, 0.717) is 5.56 Å². The van der Waals surface area contributed by atoms with Crippen LogP contribution in [-0.2, 0) is 10.2 Å². The number of methoxy groups -OCH3 is 1. The molecule has 0 aromatic heterocycles. The molecule has 28 heavy (non-hydrogen) atoms. The highest BCUT2D eigenvalue weighted by atomic mass is 19.3. The highest BCUT2D eigenvalue weighted by Gasteiger charge is 2.24. The van der Waals surface area contributed by atoms with Crippen LogP contribution in [0.4, 0.5) is 13.2 Å². The minimum atomic E-state index is -3.03. The maximum Gasteiger partial charge on any atom is 0.387 e. The van der Waals surface area contributed by atoms with E-state index in [1.165, 1.54) is 37.5 Å². The summed E-state index contributed by atoms with van der Waals surface area (Å²) in [6.45, 7) is 0.784. The van der Waals surface area contributed by atoms with Crippen molar-refractivity contribution >= 4 is 12.0 Å². The minimum Gasteiger partial charge on any atom is -0.493 e. The van der Waals surface area contributed by atoms with Gasteiger partial charge in [-0.05, 0) is 23.8 Å². The summed E-state index contributed by atoms with van der Waals surface area (Å²) in [6.07, 6.45) is 2.55. The molecular weight excluding hydrogens is 371 g/mol. The number of para-hydroxylation sites is 1. The molecule has 1 amide bonds. The summed E-state index contributed by atoms with van der Waals surface area (Å²) in [4.78, 5) is 12.2. The molecule has 2 aromatic carbocycles. The number of carbonyl (C=O) groups excluding carboxylic acids is 1. The molecule has 1 N–H and O–H groups in total. The van der Waals surface area contributed by atoms with Crippen molar-refractivity contribution in [1.29, 1.82) is 0 Å².